The zero-order valence-corrected chi connectivity index (χ0v) is 18.1. The number of anilines is 1. The summed E-state index contributed by atoms with van der Waals surface area (Å²) in [5, 5.41) is 0. The van der Waals surface area contributed by atoms with E-state index in [4.69, 9.17) is 15.5 Å². The number of hydrogen-bond donors (Lipinski definition) is 1. The molecule has 1 unspecified atom stereocenters. The van der Waals surface area contributed by atoms with Gasteiger partial charge in [0.25, 0.3) is 0 Å². The molecule has 1 aliphatic heterocycles. The van der Waals surface area contributed by atoms with E-state index in [0.717, 1.165) is 29.0 Å². The molecule has 2 aromatic heterocycles. The summed E-state index contributed by atoms with van der Waals surface area (Å²) in [5.41, 5.74) is 8.81. The number of hydrogen-bond acceptors (Lipinski definition) is 6. The van der Waals surface area contributed by atoms with Crippen molar-refractivity contribution >= 4 is 26.9 Å². The largest absolute Gasteiger partial charge is 0.382 e. The highest BCUT2D eigenvalue weighted by Crippen LogP contribution is 2.42. The smallest absolute Gasteiger partial charge is 0.214 e. The molecular formula is C20H31N5O3S. The Morgan fingerprint density at radius 3 is 2.76 bits per heavy atom. The highest BCUT2D eigenvalue weighted by Gasteiger charge is 2.32. The number of pyridine rings is 1. The van der Waals surface area contributed by atoms with Crippen molar-refractivity contribution in [2.45, 2.75) is 52.0 Å². The second-order valence-electron chi connectivity index (χ2n) is 8.30. The molecule has 2 N–H and O–H groups in total. The molecule has 1 aliphatic carbocycles. The lowest BCUT2D eigenvalue weighted by Crippen LogP contribution is -2.27. The minimum atomic E-state index is -3.02. The van der Waals surface area contributed by atoms with Crippen molar-refractivity contribution in [1.82, 2.24) is 18.8 Å². The Kier molecular flexibility index (Phi) is 5.81. The average Bonchev–Trinajstić information content (AvgIpc) is 3.37. The number of rotatable bonds is 9. The molecule has 0 spiro atoms. The van der Waals surface area contributed by atoms with Gasteiger partial charge in [-0.05, 0) is 44.6 Å². The number of ether oxygens (including phenoxy) is 1. The second-order valence-corrected chi connectivity index (χ2v) is 10.4. The number of aryl methyl sites for hydroxylation is 1. The molecule has 0 aromatic carbocycles. The lowest BCUT2D eigenvalue weighted by Gasteiger charge is -2.16. The van der Waals surface area contributed by atoms with Crippen LogP contribution < -0.4 is 5.73 Å². The molecular weight excluding hydrogens is 390 g/mol. The van der Waals surface area contributed by atoms with Gasteiger partial charge < -0.3 is 15.0 Å². The number of nitrogens with zero attached hydrogens (tertiary/aromatic N) is 4. The zero-order chi connectivity index (χ0) is 20.6. The molecule has 0 bridgehead atoms. The van der Waals surface area contributed by atoms with Crippen molar-refractivity contribution in [3.63, 3.8) is 0 Å². The summed E-state index contributed by atoms with van der Waals surface area (Å²) >= 11 is 0. The maximum absolute atomic E-state index is 11.8. The van der Waals surface area contributed by atoms with E-state index >= 15 is 0 Å². The predicted molar refractivity (Wildman–Crippen MR) is 113 cm³/mol. The van der Waals surface area contributed by atoms with Crippen LogP contribution in [0.15, 0.2) is 6.07 Å². The maximum Gasteiger partial charge on any atom is 0.214 e. The van der Waals surface area contributed by atoms with E-state index in [0.29, 0.717) is 56.9 Å². The average molecular weight is 422 g/mol. The fourth-order valence-electron chi connectivity index (χ4n) is 4.22. The summed E-state index contributed by atoms with van der Waals surface area (Å²) in [7, 11) is -3.02. The van der Waals surface area contributed by atoms with E-state index in [1.165, 1.54) is 12.8 Å². The molecule has 160 valence electrons. The molecule has 2 aromatic rings. The third kappa shape index (κ3) is 4.41. The molecule has 4 rings (SSSR count). The lowest BCUT2D eigenvalue weighted by atomic mass is 10.1. The monoisotopic (exact) mass is 421 g/mol. The summed E-state index contributed by atoms with van der Waals surface area (Å²) < 4.78 is 33.3. The van der Waals surface area contributed by atoms with E-state index in [2.05, 4.69) is 16.5 Å². The minimum Gasteiger partial charge on any atom is -0.382 e. The van der Waals surface area contributed by atoms with Gasteiger partial charge in [0, 0.05) is 37.9 Å². The quantitative estimate of drug-likeness (QED) is 0.623. The van der Waals surface area contributed by atoms with Crippen LogP contribution in [-0.4, -0.2) is 59.3 Å². The minimum absolute atomic E-state index is 0.279. The summed E-state index contributed by atoms with van der Waals surface area (Å²) in [4.78, 5) is 9.21. The van der Waals surface area contributed by atoms with Crippen LogP contribution in [0.1, 0.15) is 50.0 Å². The van der Waals surface area contributed by atoms with Gasteiger partial charge in [0.2, 0.25) is 10.0 Å². The normalized spacial score (nSPS) is 20.5. The number of sulfonamides is 1. The van der Waals surface area contributed by atoms with Gasteiger partial charge in [-0.1, -0.05) is 6.92 Å². The Balaban J connectivity index is 1.38. The van der Waals surface area contributed by atoms with Crippen LogP contribution in [0.2, 0.25) is 0 Å². The van der Waals surface area contributed by atoms with Crippen molar-refractivity contribution in [3.05, 3.63) is 17.6 Å². The van der Waals surface area contributed by atoms with Gasteiger partial charge >= 0.3 is 0 Å². The van der Waals surface area contributed by atoms with Crippen molar-refractivity contribution < 1.29 is 13.2 Å². The topological polar surface area (TPSA) is 103 Å². The standard InChI is InChI=1S/C20H31N5O3S/c1-14-13-17-18(19(21)22-14)23-20(15(2)16-5-6-16)25(17)9-11-28-10-3-7-24-8-4-12-29(24,26)27/h13,15-16H,3-12H2,1-2H3,(H2,21,22). The van der Waals surface area contributed by atoms with Crippen molar-refractivity contribution in [1.29, 1.82) is 0 Å². The molecule has 2 fully saturated rings. The number of imidazole rings is 1. The number of aromatic nitrogens is 3. The Bertz CT molecular complexity index is 984. The fraction of sp³-hybridized carbons (Fsp3) is 0.700. The summed E-state index contributed by atoms with van der Waals surface area (Å²) in [6, 6.07) is 2.04. The summed E-state index contributed by atoms with van der Waals surface area (Å²) in [5.74, 6) is 2.91. The van der Waals surface area contributed by atoms with Gasteiger partial charge in [0.1, 0.15) is 11.3 Å². The molecule has 0 radical (unpaired) electrons. The molecule has 1 saturated carbocycles. The number of nitrogens with two attached hydrogens (primary N) is 1. The summed E-state index contributed by atoms with van der Waals surface area (Å²) in [6.07, 6.45) is 3.96. The van der Waals surface area contributed by atoms with Gasteiger partial charge in [0.05, 0.1) is 17.9 Å². The highest BCUT2D eigenvalue weighted by atomic mass is 32.2. The Labute approximate surface area is 172 Å². The van der Waals surface area contributed by atoms with Crippen LogP contribution in [0.5, 0.6) is 0 Å². The highest BCUT2D eigenvalue weighted by molar-refractivity contribution is 7.89. The molecule has 1 saturated heterocycles. The van der Waals surface area contributed by atoms with Crippen LogP contribution >= 0.6 is 0 Å². The second kappa shape index (κ2) is 8.20. The van der Waals surface area contributed by atoms with E-state index in [-0.39, 0.29) is 5.75 Å². The SMILES string of the molecule is Cc1cc2c(nc(C(C)C3CC3)n2CCOCCCN2CCCS2(=O)=O)c(N)n1. The van der Waals surface area contributed by atoms with Gasteiger partial charge in [-0.2, -0.15) is 0 Å². The van der Waals surface area contributed by atoms with E-state index in [1.54, 1.807) is 4.31 Å². The molecule has 2 aliphatic rings. The van der Waals surface area contributed by atoms with Gasteiger partial charge in [-0.25, -0.2) is 22.7 Å². The fourth-order valence-corrected chi connectivity index (χ4v) is 5.79. The van der Waals surface area contributed by atoms with Crippen LogP contribution in [-0.2, 0) is 21.3 Å². The van der Waals surface area contributed by atoms with Crippen molar-refractivity contribution in [2.24, 2.45) is 5.92 Å². The summed E-state index contributed by atoms with van der Waals surface area (Å²) in [6.45, 7) is 7.18. The third-order valence-corrected chi connectivity index (χ3v) is 7.97. The van der Waals surface area contributed by atoms with Crippen LogP contribution in [0.3, 0.4) is 0 Å². The van der Waals surface area contributed by atoms with E-state index < -0.39 is 10.0 Å². The van der Waals surface area contributed by atoms with Gasteiger partial charge in [-0.3, -0.25) is 0 Å². The molecule has 0 amide bonds. The van der Waals surface area contributed by atoms with Crippen LogP contribution in [0.25, 0.3) is 11.0 Å². The third-order valence-electron chi connectivity index (χ3n) is 6.02. The van der Waals surface area contributed by atoms with Crippen molar-refractivity contribution in [3.8, 4) is 0 Å². The number of nitrogen functional groups attached to an aromatic ring is 1. The molecule has 8 nitrogen and oxygen atoms in total. The van der Waals surface area contributed by atoms with Crippen molar-refractivity contribution in [2.75, 3.05) is 37.8 Å². The maximum atomic E-state index is 11.8. The predicted octanol–water partition coefficient (Wildman–Crippen LogP) is 2.28. The molecule has 1 atom stereocenters. The Morgan fingerprint density at radius 2 is 2.07 bits per heavy atom. The Morgan fingerprint density at radius 1 is 1.28 bits per heavy atom. The first-order chi connectivity index (χ1) is 13.9. The molecule has 9 heteroatoms. The first kappa shape index (κ1) is 20.6. The van der Waals surface area contributed by atoms with Gasteiger partial charge in [0.15, 0.2) is 5.82 Å². The van der Waals surface area contributed by atoms with E-state index in [9.17, 15) is 8.42 Å². The van der Waals surface area contributed by atoms with E-state index in [1.807, 2.05) is 13.0 Å². The zero-order valence-electron chi connectivity index (χ0n) is 17.3. The van der Waals surface area contributed by atoms with Crippen LogP contribution in [0.4, 0.5) is 5.82 Å². The lowest BCUT2D eigenvalue weighted by molar-refractivity contribution is 0.120. The van der Waals surface area contributed by atoms with Crippen LogP contribution in [0, 0.1) is 12.8 Å². The number of fused-ring (bicyclic) bond motifs is 1. The van der Waals surface area contributed by atoms with Gasteiger partial charge in [-0.15, -0.1) is 0 Å². The first-order valence-electron chi connectivity index (χ1n) is 10.6. The molecule has 3 heterocycles. The first-order valence-corrected chi connectivity index (χ1v) is 12.2. The molecule has 29 heavy (non-hydrogen) atoms. The Hall–Kier alpha value is -1.71.